The SMILES string of the molecule is CCOC(=O)C1CCN(CC(=O)NCc2ccc3c(c2)Nc2nccnc2S3)CC1. The van der Waals surface area contributed by atoms with Crippen molar-refractivity contribution >= 4 is 35.1 Å². The Balaban J connectivity index is 1.25. The van der Waals surface area contributed by atoms with Crippen molar-refractivity contribution in [2.75, 3.05) is 31.6 Å². The molecule has 158 valence electrons. The predicted octanol–water partition coefficient (Wildman–Crippen LogP) is 2.58. The fourth-order valence-electron chi connectivity index (χ4n) is 3.64. The lowest BCUT2D eigenvalue weighted by molar-refractivity contribution is -0.149. The average Bonchev–Trinajstić information content (AvgIpc) is 2.77. The lowest BCUT2D eigenvalue weighted by Gasteiger charge is -2.30. The summed E-state index contributed by atoms with van der Waals surface area (Å²) in [6, 6.07) is 6.08. The molecule has 0 spiro atoms. The first kappa shape index (κ1) is 20.6. The standard InChI is InChI=1S/C21H25N5O3S/c1-2-29-21(28)15-5-9-26(10-6-15)13-18(27)24-12-14-3-4-17-16(11-14)25-19-20(30-17)23-8-7-22-19/h3-4,7-8,11,15H,2,5-6,9-10,12-13H2,1H3,(H,22,25)(H,24,27). The van der Waals surface area contributed by atoms with Gasteiger partial charge in [0.1, 0.15) is 5.03 Å². The van der Waals surface area contributed by atoms with Crippen LogP contribution in [0.25, 0.3) is 0 Å². The minimum absolute atomic E-state index is 0.0131. The van der Waals surface area contributed by atoms with Crippen LogP contribution in [-0.4, -0.2) is 53.0 Å². The summed E-state index contributed by atoms with van der Waals surface area (Å²) in [5.74, 6) is 0.581. The number of piperidine rings is 1. The van der Waals surface area contributed by atoms with E-state index in [0.717, 1.165) is 52.9 Å². The van der Waals surface area contributed by atoms with Crippen molar-refractivity contribution in [1.82, 2.24) is 20.2 Å². The average molecular weight is 428 g/mol. The van der Waals surface area contributed by atoms with Crippen molar-refractivity contribution < 1.29 is 14.3 Å². The minimum Gasteiger partial charge on any atom is -0.466 e. The van der Waals surface area contributed by atoms with Crippen LogP contribution < -0.4 is 10.6 Å². The first-order valence-electron chi connectivity index (χ1n) is 10.2. The molecule has 2 N–H and O–H groups in total. The third kappa shape index (κ3) is 4.91. The van der Waals surface area contributed by atoms with Gasteiger partial charge in [-0.05, 0) is 50.6 Å². The van der Waals surface area contributed by atoms with Crippen molar-refractivity contribution in [3.05, 3.63) is 36.2 Å². The zero-order chi connectivity index (χ0) is 20.9. The molecular formula is C21H25N5O3S. The molecule has 0 aliphatic carbocycles. The van der Waals surface area contributed by atoms with Crippen LogP contribution >= 0.6 is 11.8 Å². The fourth-order valence-corrected chi connectivity index (χ4v) is 4.52. The second-order valence-electron chi connectivity index (χ2n) is 7.35. The smallest absolute Gasteiger partial charge is 0.309 e. The van der Waals surface area contributed by atoms with Crippen molar-refractivity contribution in [2.24, 2.45) is 5.92 Å². The third-order valence-corrected chi connectivity index (χ3v) is 6.30. The number of fused-ring (bicyclic) bond motifs is 2. The molecule has 0 unspecified atom stereocenters. The summed E-state index contributed by atoms with van der Waals surface area (Å²) in [6.45, 7) is 4.51. The molecule has 3 heterocycles. The lowest BCUT2D eigenvalue weighted by atomic mass is 9.97. The van der Waals surface area contributed by atoms with E-state index < -0.39 is 0 Å². The van der Waals surface area contributed by atoms with E-state index in [1.165, 1.54) is 0 Å². The number of aromatic nitrogens is 2. The monoisotopic (exact) mass is 427 g/mol. The number of nitrogens with zero attached hydrogens (tertiary/aromatic N) is 3. The van der Waals surface area contributed by atoms with E-state index in [0.29, 0.717) is 19.7 Å². The van der Waals surface area contributed by atoms with E-state index in [1.54, 1.807) is 24.2 Å². The Bertz CT molecular complexity index is 931. The van der Waals surface area contributed by atoms with Gasteiger partial charge >= 0.3 is 5.97 Å². The van der Waals surface area contributed by atoms with Gasteiger partial charge in [0, 0.05) is 23.8 Å². The van der Waals surface area contributed by atoms with Gasteiger partial charge in [-0.15, -0.1) is 0 Å². The Kier molecular flexibility index (Phi) is 6.49. The highest BCUT2D eigenvalue weighted by Crippen LogP contribution is 2.41. The highest BCUT2D eigenvalue weighted by Gasteiger charge is 2.26. The van der Waals surface area contributed by atoms with Crippen LogP contribution in [0.4, 0.5) is 11.5 Å². The number of esters is 1. The molecule has 2 aromatic rings. The molecule has 0 saturated carbocycles. The number of amides is 1. The van der Waals surface area contributed by atoms with Crippen LogP contribution in [0.15, 0.2) is 40.5 Å². The molecule has 4 rings (SSSR count). The topological polar surface area (TPSA) is 96.5 Å². The maximum atomic E-state index is 12.4. The lowest BCUT2D eigenvalue weighted by Crippen LogP contribution is -2.42. The Morgan fingerprint density at radius 3 is 2.87 bits per heavy atom. The van der Waals surface area contributed by atoms with Crippen LogP contribution in [0, 0.1) is 5.92 Å². The number of ether oxygens (including phenoxy) is 1. The quantitative estimate of drug-likeness (QED) is 0.580. The molecule has 1 aromatic carbocycles. The van der Waals surface area contributed by atoms with Crippen LogP contribution in [0.3, 0.4) is 0 Å². The van der Waals surface area contributed by atoms with Crippen molar-refractivity contribution in [3.8, 4) is 0 Å². The zero-order valence-electron chi connectivity index (χ0n) is 16.9. The number of rotatable bonds is 6. The molecule has 8 nitrogen and oxygen atoms in total. The van der Waals surface area contributed by atoms with Crippen molar-refractivity contribution in [3.63, 3.8) is 0 Å². The molecule has 2 aliphatic rings. The van der Waals surface area contributed by atoms with Gasteiger partial charge in [0.05, 0.1) is 24.8 Å². The van der Waals surface area contributed by atoms with Crippen LogP contribution in [-0.2, 0) is 20.9 Å². The van der Waals surface area contributed by atoms with E-state index in [1.807, 2.05) is 25.1 Å². The summed E-state index contributed by atoms with van der Waals surface area (Å²) < 4.78 is 5.09. The molecule has 1 saturated heterocycles. The Hall–Kier alpha value is -2.65. The molecule has 9 heteroatoms. The number of carbonyl (C=O) groups is 2. The summed E-state index contributed by atoms with van der Waals surface area (Å²) in [6.07, 6.45) is 4.83. The number of anilines is 2. The predicted molar refractivity (Wildman–Crippen MR) is 114 cm³/mol. The van der Waals surface area contributed by atoms with E-state index in [-0.39, 0.29) is 17.8 Å². The van der Waals surface area contributed by atoms with Gasteiger partial charge in [-0.2, -0.15) is 0 Å². The number of nitrogens with one attached hydrogen (secondary N) is 2. The summed E-state index contributed by atoms with van der Waals surface area (Å²) in [7, 11) is 0. The van der Waals surface area contributed by atoms with Gasteiger partial charge in [0.25, 0.3) is 0 Å². The zero-order valence-corrected chi connectivity index (χ0v) is 17.7. The number of benzene rings is 1. The molecular weight excluding hydrogens is 402 g/mol. The van der Waals surface area contributed by atoms with Gasteiger partial charge in [0.15, 0.2) is 5.82 Å². The third-order valence-electron chi connectivity index (χ3n) is 5.23. The summed E-state index contributed by atoms with van der Waals surface area (Å²) in [5.41, 5.74) is 1.99. The minimum atomic E-state index is -0.116. The Morgan fingerprint density at radius 1 is 1.27 bits per heavy atom. The van der Waals surface area contributed by atoms with Gasteiger partial charge in [-0.3, -0.25) is 14.5 Å². The van der Waals surface area contributed by atoms with E-state index in [9.17, 15) is 9.59 Å². The molecule has 0 bridgehead atoms. The van der Waals surface area contributed by atoms with Crippen molar-refractivity contribution in [2.45, 2.75) is 36.2 Å². The number of hydrogen-bond acceptors (Lipinski definition) is 8. The summed E-state index contributed by atoms with van der Waals surface area (Å²) >= 11 is 1.58. The number of likely N-dealkylation sites (tertiary alicyclic amines) is 1. The molecule has 1 fully saturated rings. The Labute approximate surface area is 179 Å². The summed E-state index contributed by atoms with van der Waals surface area (Å²) in [4.78, 5) is 36.0. The first-order chi connectivity index (χ1) is 14.6. The van der Waals surface area contributed by atoms with Gasteiger partial charge < -0.3 is 15.4 Å². The summed E-state index contributed by atoms with van der Waals surface area (Å²) in [5, 5.41) is 7.15. The van der Waals surface area contributed by atoms with Gasteiger partial charge in [-0.1, -0.05) is 17.8 Å². The molecule has 1 aromatic heterocycles. The number of carbonyl (C=O) groups excluding carboxylic acids is 2. The van der Waals surface area contributed by atoms with E-state index in [2.05, 4.69) is 25.5 Å². The largest absolute Gasteiger partial charge is 0.466 e. The van der Waals surface area contributed by atoms with Crippen LogP contribution in [0.5, 0.6) is 0 Å². The molecule has 1 amide bonds. The van der Waals surface area contributed by atoms with E-state index in [4.69, 9.17) is 4.74 Å². The van der Waals surface area contributed by atoms with Crippen LogP contribution in [0.1, 0.15) is 25.3 Å². The van der Waals surface area contributed by atoms with Crippen molar-refractivity contribution in [1.29, 1.82) is 0 Å². The highest BCUT2D eigenvalue weighted by atomic mass is 32.2. The normalized spacial score (nSPS) is 16.2. The highest BCUT2D eigenvalue weighted by molar-refractivity contribution is 7.99. The molecule has 0 radical (unpaired) electrons. The van der Waals surface area contributed by atoms with Gasteiger partial charge in [0.2, 0.25) is 5.91 Å². The molecule has 0 atom stereocenters. The van der Waals surface area contributed by atoms with E-state index >= 15 is 0 Å². The van der Waals surface area contributed by atoms with Gasteiger partial charge in [-0.25, -0.2) is 9.97 Å². The first-order valence-corrected chi connectivity index (χ1v) is 11.0. The molecule has 30 heavy (non-hydrogen) atoms. The maximum Gasteiger partial charge on any atom is 0.309 e. The Morgan fingerprint density at radius 2 is 2.07 bits per heavy atom. The fraction of sp³-hybridized carbons (Fsp3) is 0.429. The second-order valence-corrected chi connectivity index (χ2v) is 8.38. The van der Waals surface area contributed by atoms with Crippen LogP contribution in [0.2, 0.25) is 0 Å². The molecule has 2 aliphatic heterocycles. The maximum absolute atomic E-state index is 12.4. The number of hydrogen-bond donors (Lipinski definition) is 2. The second kappa shape index (κ2) is 9.44.